The van der Waals surface area contributed by atoms with Gasteiger partial charge in [0.15, 0.2) is 0 Å². The third-order valence-corrected chi connectivity index (χ3v) is 4.18. The first-order valence-electron chi connectivity index (χ1n) is 8.35. The van der Waals surface area contributed by atoms with Gasteiger partial charge in [-0.15, -0.1) is 0 Å². The minimum Gasteiger partial charge on any atom is -0.381 e. The van der Waals surface area contributed by atoms with Crippen LogP contribution >= 0.6 is 0 Å². The highest BCUT2D eigenvalue weighted by Gasteiger charge is 2.21. The molecule has 0 aromatic carbocycles. The van der Waals surface area contributed by atoms with Crippen molar-refractivity contribution in [1.82, 2.24) is 4.98 Å². The highest BCUT2D eigenvalue weighted by molar-refractivity contribution is 5.49. The molecular formula is C17H29N3O. The van der Waals surface area contributed by atoms with Crippen molar-refractivity contribution in [2.45, 2.75) is 58.6 Å². The lowest BCUT2D eigenvalue weighted by atomic mass is 10.00. The summed E-state index contributed by atoms with van der Waals surface area (Å²) < 4.78 is 5.80. The van der Waals surface area contributed by atoms with Crippen LogP contribution in [0.1, 0.15) is 46.5 Å². The molecule has 0 saturated carbocycles. The van der Waals surface area contributed by atoms with Crippen LogP contribution in [-0.4, -0.2) is 36.8 Å². The molecule has 2 unspecified atom stereocenters. The topological polar surface area (TPSA) is 37.4 Å². The van der Waals surface area contributed by atoms with Gasteiger partial charge in [0.2, 0.25) is 0 Å². The Morgan fingerprint density at radius 3 is 2.71 bits per heavy atom. The lowest BCUT2D eigenvalue weighted by Crippen LogP contribution is -2.34. The van der Waals surface area contributed by atoms with Gasteiger partial charge in [-0.3, -0.25) is 0 Å². The van der Waals surface area contributed by atoms with Crippen molar-refractivity contribution in [3.05, 3.63) is 18.3 Å². The summed E-state index contributed by atoms with van der Waals surface area (Å²) in [6, 6.07) is 4.76. The molecular weight excluding hydrogens is 262 g/mol. The molecule has 0 aliphatic carbocycles. The van der Waals surface area contributed by atoms with Gasteiger partial charge in [-0.25, -0.2) is 4.98 Å². The second-order valence-electron chi connectivity index (χ2n) is 5.72. The zero-order valence-electron chi connectivity index (χ0n) is 13.6. The molecule has 2 atom stereocenters. The molecule has 0 bridgehead atoms. The van der Waals surface area contributed by atoms with Gasteiger partial charge < -0.3 is 15.0 Å². The predicted molar refractivity (Wildman–Crippen MR) is 89.1 cm³/mol. The molecule has 0 amide bonds. The van der Waals surface area contributed by atoms with Gasteiger partial charge in [-0.05, 0) is 45.2 Å². The number of pyridine rings is 1. The van der Waals surface area contributed by atoms with Crippen molar-refractivity contribution in [1.29, 1.82) is 0 Å². The molecule has 21 heavy (non-hydrogen) atoms. The van der Waals surface area contributed by atoms with E-state index < -0.39 is 0 Å². The van der Waals surface area contributed by atoms with Gasteiger partial charge in [0.05, 0.1) is 18.0 Å². The van der Waals surface area contributed by atoms with Crippen LogP contribution in [0, 0.1) is 0 Å². The molecule has 1 fully saturated rings. The fourth-order valence-electron chi connectivity index (χ4n) is 2.98. The molecule has 0 radical (unpaired) electrons. The average Bonchev–Trinajstić information content (AvgIpc) is 2.51. The summed E-state index contributed by atoms with van der Waals surface area (Å²) in [7, 11) is 0. The molecule has 1 saturated heterocycles. The first-order valence-corrected chi connectivity index (χ1v) is 8.35. The van der Waals surface area contributed by atoms with Crippen molar-refractivity contribution >= 4 is 11.5 Å². The van der Waals surface area contributed by atoms with E-state index in [9.17, 15) is 0 Å². The van der Waals surface area contributed by atoms with Gasteiger partial charge in [0.25, 0.3) is 0 Å². The lowest BCUT2D eigenvalue weighted by Gasteiger charge is -2.30. The molecule has 2 heterocycles. The van der Waals surface area contributed by atoms with E-state index in [1.807, 2.05) is 6.20 Å². The van der Waals surface area contributed by atoms with E-state index in [2.05, 4.69) is 48.1 Å². The molecule has 4 heteroatoms. The van der Waals surface area contributed by atoms with Crippen LogP contribution in [0.2, 0.25) is 0 Å². The zero-order chi connectivity index (χ0) is 15.1. The highest BCUT2D eigenvalue weighted by Crippen LogP contribution is 2.22. The maximum absolute atomic E-state index is 5.80. The number of nitrogens with zero attached hydrogens (tertiary/aromatic N) is 2. The summed E-state index contributed by atoms with van der Waals surface area (Å²) in [5.74, 6) is 1.06. The molecule has 0 spiro atoms. The Morgan fingerprint density at radius 2 is 2.10 bits per heavy atom. The molecule has 1 aliphatic heterocycles. The third kappa shape index (κ3) is 4.60. The van der Waals surface area contributed by atoms with Crippen LogP contribution in [0.4, 0.5) is 11.5 Å². The maximum Gasteiger partial charge on any atom is 0.128 e. The number of hydrogen-bond acceptors (Lipinski definition) is 4. The average molecular weight is 291 g/mol. The largest absolute Gasteiger partial charge is 0.381 e. The van der Waals surface area contributed by atoms with E-state index in [4.69, 9.17) is 4.74 Å². The SMILES string of the molecule is CCCC1CC(Nc2ccc(N(CC)CC)nc2)CCO1. The van der Waals surface area contributed by atoms with Gasteiger partial charge >= 0.3 is 0 Å². The minimum absolute atomic E-state index is 0.421. The fourth-order valence-corrected chi connectivity index (χ4v) is 2.98. The van der Waals surface area contributed by atoms with E-state index in [0.717, 1.165) is 50.5 Å². The molecule has 1 aromatic rings. The van der Waals surface area contributed by atoms with E-state index in [1.165, 1.54) is 6.42 Å². The fraction of sp³-hybridized carbons (Fsp3) is 0.706. The third-order valence-electron chi connectivity index (χ3n) is 4.18. The van der Waals surface area contributed by atoms with E-state index in [-0.39, 0.29) is 0 Å². The van der Waals surface area contributed by atoms with Crippen molar-refractivity contribution in [2.24, 2.45) is 0 Å². The summed E-state index contributed by atoms with van der Waals surface area (Å²) in [5.41, 5.74) is 1.12. The first kappa shape index (κ1) is 16.1. The molecule has 4 nitrogen and oxygen atoms in total. The standard InChI is InChI=1S/C17H29N3O/c1-4-7-16-12-14(10-11-21-16)19-15-8-9-17(18-13-15)20(5-2)6-3/h8-9,13-14,16,19H,4-7,10-12H2,1-3H3. The Morgan fingerprint density at radius 1 is 1.29 bits per heavy atom. The highest BCUT2D eigenvalue weighted by atomic mass is 16.5. The van der Waals surface area contributed by atoms with Crippen molar-refractivity contribution in [3.8, 4) is 0 Å². The van der Waals surface area contributed by atoms with E-state index in [1.54, 1.807) is 0 Å². The summed E-state index contributed by atoms with van der Waals surface area (Å²) in [4.78, 5) is 6.83. The zero-order valence-corrected chi connectivity index (χ0v) is 13.6. The molecule has 1 aliphatic rings. The number of aromatic nitrogens is 1. The number of ether oxygens (including phenoxy) is 1. The Hall–Kier alpha value is -1.29. The predicted octanol–water partition coefficient (Wildman–Crippen LogP) is 3.69. The second kappa shape index (κ2) is 8.23. The Bertz CT molecular complexity index is 401. The Kier molecular flexibility index (Phi) is 6.30. The number of anilines is 2. The van der Waals surface area contributed by atoms with Crippen molar-refractivity contribution in [2.75, 3.05) is 29.9 Å². The Labute approximate surface area is 128 Å². The summed E-state index contributed by atoms with van der Waals surface area (Å²) in [6.45, 7) is 9.40. The molecule has 1 N–H and O–H groups in total. The van der Waals surface area contributed by atoms with Crippen LogP contribution in [0.15, 0.2) is 18.3 Å². The van der Waals surface area contributed by atoms with Crippen LogP contribution in [-0.2, 0) is 4.74 Å². The van der Waals surface area contributed by atoms with Crippen molar-refractivity contribution in [3.63, 3.8) is 0 Å². The number of nitrogens with one attached hydrogen (secondary N) is 1. The number of rotatable bonds is 7. The van der Waals surface area contributed by atoms with Gasteiger partial charge in [0, 0.05) is 25.7 Å². The summed E-state index contributed by atoms with van der Waals surface area (Å²) in [5, 5.41) is 3.61. The van der Waals surface area contributed by atoms with Crippen LogP contribution < -0.4 is 10.2 Å². The van der Waals surface area contributed by atoms with Gasteiger partial charge in [-0.2, -0.15) is 0 Å². The van der Waals surface area contributed by atoms with Gasteiger partial charge in [0.1, 0.15) is 5.82 Å². The summed E-state index contributed by atoms with van der Waals surface area (Å²) >= 11 is 0. The lowest BCUT2D eigenvalue weighted by molar-refractivity contribution is 0.00597. The van der Waals surface area contributed by atoms with E-state index in [0.29, 0.717) is 12.1 Å². The Balaban J connectivity index is 1.90. The molecule has 2 rings (SSSR count). The maximum atomic E-state index is 5.80. The van der Waals surface area contributed by atoms with Gasteiger partial charge in [-0.1, -0.05) is 13.3 Å². The molecule has 118 valence electrons. The smallest absolute Gasteiger partial charge is 0.128 e. The minimum atomic E-state index is 0.421. The first-order chi connectivity index (χ1) is 10.3. The van der Waals surface area contributed by atoms with Crippen LogP contribution in [0.5, 0.6) is 0 Å². The van der Waals surface area contributed by atoms with E-state index >= 15 is 0 Å². The van der Waals surface area contributed by atoms with Crippen LogP contribution in [0.3, 0.4) is 0 Å². The van der Waals surface area contributed by atoms with Crippen molar-refractivity contribution < 1.29 is 4.74 Å². The normalized spacial score (nSPS) is 22.0. The quantitative estimate of drug-likeness (QED) is 0.831. The van der Waals surface area contributed by atoms with Crippen LogP contribution in [0.25, 0.3) is 0 Å². The number of hydrogen-bond donors (Lipinski definition) is 1. The monoisotopic (exact) mass is 291 g/mol. The summed E-state index contributed by atoms with van der Waals surface area (Å²) in [6.07, 6.45) is 6.92. The molecule has 1 aromatic heterocycles. The second-order valence-corrected chi connectivity index (χ2v) is 5.72.